The zero-order valence-electron chi connectivity index (χ0n) is 19.4. The summed E-state index contributed by atoms with van der Waals surface area (Å²) >= 11 is 0. The van der Waals surface area contributed by atoms with E-state index in [1.54, 1.807) is 0 Å². The Morgan fingerprint density at radius 2 is 1.03 bits per heavy atom. The van der Waals surface area contributed by atoms with Gasteiger partial charge in [0.2, 0.25) is 0 Å². The second-order valence-corrected chi connectivity index (χ2v) is 9.06. The van der Waals surface area contributed by atoms with E-state index < -0.39 is 0 Å². The smallest absolute Gasteiger partial charge is 0.0991 e. The fraction of sp³-hybridized carbons (Fsp3) is 0. The molecule has 7 rings (SSSR count). The third-order valence-electron chi connectivity index (χ3n) is 7.04. The predicted molar refractivity (Wildman–Crippen MR) is 147 cm³/mol. The van der Waals surface area contributed by atoms with Gasteiger partial charge in [-0.3, -0.25) is 0 Å². The first kappa shape index (κ1) is 20.4. The highest BCUT2D eigenvalue weighted by Gasteiger charge is 2.31. The maximum Gasteiger partial charge on any atom is 0.0991 e. The van der Waals surface area contributed by atoms with Gasteiger partial charge in [0, 0.05) is 27.8 Å². The summed E-state index contributed by atoms with van der Waals surface area (Å²) in [4.78, 5) is 5.40. The fourth-order valence-electron chi connectivity index (χ4n) is 5.48. The third kappa shape index (κ3) is 3.00. The van der Waals surface area contributed by atoms with Gasteiger partial charge in [0.1, 0.15) is 0 Å². The quantitative estimate of drug-likeness (QED) is 0.266. The van der Waals surface area contributed by atoms with E-state index in [0.717, 1.165) is 33.6 Å². The van der Waals surface area contributed by atoms with Gasteiger partial charge in [-0.25, -0.2) is 4.98 Å². The monoisotopic (exact) mass is 456 g/mol. The average Bonchev–Trinajstić information content (AvgIpc) is 3.29. The second kappa shape index (κ2) is 8.05. The van der Waals surface area contributed by atoms with Crippen LogP contribution in [0, 0.1) is 11.3 Å². The van der Waals surface area contributed by atoms with Gasteiger partial charge in [-0.1, -0.05) is 109 Å². The Balaban J connectivity index is 1.68. The number of nitrogens with zero attached hydrogens (tertiary/aromatic N) is 2. The van der Waals surface area contributed by atoms with E-state index in [4.69, 9.17) is 4.98 Å². The lowest BCUT2D eigenvalue weighted by molar-refractivity contribution is 1.33. The van der Waals surface area contributed by atoms with Crippen LogP contribution in [-0.2, 0) is 0 Å². The number of pyridine rings is 1. The topological polar surface area (TPSA) is 36.7 Å². The molecule has 0 unspecified atom stereocenters. The van der Waals surface area contributed by atoms with Crippen LogP contribution in [0.3, 0.4) is 0 Å². The molecule has 0 saturated carbocycles. The maximum absolute atomic E-state index is 9.37. The first-order chi connectivity index (χ1) is 17.8. The van der Waals surface area contributed by atoms with Crippen molar-refractivity contribution in [3.8, 4) is 62.0 Å². The molecule has 0 saturated heterocycles. The Bertz CT molecular complexity index is 1810. The molecule has 36 heavy (non-hydrogen) atoms. The lowest BCUT2D eigenvalue weighted by atomic mass is 9.87. The largest absolute Gasteiger partial charge is 0.246 e. The Morgan fingerprint density at radius 1 is 0.472 bits per heavy atom. The van der Waals surface area contributed by atoms with Crippen LogP contribution in [0.5, 0.6) is 0 Å². The Morgan fingerprint density at radius 3 is 1.67 bits per heavy atom. The summed E-state index contributed by atoms with van der Waals surface area (Å²) in [7, 11) is 0. The van der Waals surface area contributed by atoms with E-state index >= 15 is 0 Å². The van der Waals surface area contributed by atoms with Crippen molar-refractivity contribution in [2.45, 2.75) is 0 Å². The molecule has 0 radical (unpaired) electrons. The average molecular weight is 457 g/mol. The van der Waals surface area contributed by atoms with Crippen LogP contribution in [0.2, 0.25) is 0 Å². The standard InChI is InChI=1S/C34H20N2/c35-21-22-17-19-26(20-18-22)33-30(24-9-3-1-4-10-24)31-27-15-7-13-23-14-8-16-28(29(23)27)32(31)34(36-33)25-11-5-2-6-12-25/h1-20H. The molecule has 0 amide bonds. The molecule has 0 atom stereocenters. The summed E-state index contributed by atoms with van der Waals surface area (Å²) in [5, 5.41) is 11.9. The molecule has 1 aliphatic carbocycles. The molecular formula is C34H20N2. The number of fused-ring (bicyclic) bond motifs is 3. The van der Waals surface area contributed by atoms with Crippen LogP contribution in [0.25, 0.3) is 66.7 Å². The fourth-order valence-corrected chi connectivity index (χ4v) is 5.48. The molecule has 1 aromatic heterocycles. The molecule has 0 N–H and O–H groups in total. The molecule has 1 aliphatic rings. The van der Waals surface area contributed by atoms with Crippen molar-refractivity contribution in [2.75, 3.05) is 0 Å². The highest BCUT2D eigenvalue weighted by atomic mass is 14.7. The molecule has 2 nitrogen and oxygen atoms in total. The zero-order chi connectivity index (χ0) is 24.1. The number of nitriles is 1. The van der Waals surface area contributed by atoms with Crippen LogP contribution in [0.4, 0.5) is 0 Å². The van der Waals surface area contributed by atoms with Crippen LogP contribution in [-0.4, -0.2) is 4.98 Å². The van der Waals surface area contributed by atoms with E-state index in [1.165, 1.54) is 33.0 Å². The minimum absolute atomic E-state index is 0.640. The van der Waals surface area contributed by atoms with E-state index in [1.807, 2.05) is 36.4 Å². The normalized spacial score (nSPS) is 11.3. The Kier molecular flexibility index (Phi) is 4.55. The van der Waals surface area contributed by atoms with Crippen molar-refractivity contribution >= 4 is 10.8 Å². The van der Waals surface area contributed by atoms with Crippen LogP contribution >= 0.6 is 0 Å². The highest BCUT2D eigenvalue weighted by Crippen LogP contribution is 2.55. The van der Waals surface area contributed by atoms with Gasteiger partial charge in [0.05, 0.1) is 23.0 Å². The molecule has 166 valence electrons. The number of hydrogen-bond donors (Lipinski definition) is 0. The maximum atomic E-state index is 9.37. The van der Waals surface area contributed by atoms with Crippen molar-refractivity contribution in [3.05, 3.63) is 127 Å². The molecule has 0 aliphatic heterocycles. The van der Waals surface area contributed by atoms with Crippen LogP contribution in [0.1, 0.15) is 5.56 Å². The van der Waals surface area contributed by atoms with Gasteiger partial charge in [0.15, 0.2) is 0 Å². The minimum Gasteiger partial charge on any atom is -0.246 e. The molecule has 5 aromatic carbocycles. The summed E-state index contributed by atoms with van der Waals surface area (Å²) in [6.45, 7) is 0. The van der Waals surface area contributed by atoms with E-state index in [2.05, 4.69) is 91.0 Å². The molecule has 0 spiro atoms. The molecular weight excluding hydrogens is 436 g/mol. The lowest BCUT2D eigenvalue weighted by Crippen LogP contribution is -1.98. The summed E-state index contributed by atoms with van der Waals surface area (Å²) in [6.07, 6.45) is 0. The van der Waals surface area contributed by atoms with Crippen molar-refractivity contribution in [1.82, 2.24) is 4.98 Å². The summed E-state index contributed by atoms with van der Waals surface area (Å²) < 4.78 is 0. The number of aromatic nitrogens is 1. The van der Waals surface area contributed by atoms with Gasteiger partial charge in [-0.05, 0) is 39.6 Å². The predicted octanol–water partition coefficient (Wildman–Crippen LogP) is 8.75. The van der Waals surface area contributed by atoms with Gasteiger partial charge >= 0.3 is 0 Å². The number of rotatable bonds is 3. The number of benzene rings is 5. The van der Waals surface area contributed by atoms with Gasteiger partial charge in [0.25, 0.3) is 0 Å². The lowest BCUT2D eigenvalue weighted by Gasteiger charge is -2.19. The first-order valence-electron chi connectivity index (χ1n) is 12.1. The Labute approximate surface area is 209 Å². The zero-order valence-corrected chi connectivity index (χ0v) is 19.4. The van der Waals surface area contributed by atoms with E-state index in [0.29, 0.717) is 5.56 Å². The van der Waals surface area contributed by atoms with Crippen molar-refractivity contribution in [1.29, 1.82) is 5.26 Å². The van der Waals surface area contributed by atoms with E-state index in [-0.39, 0.29) is 0 Å². The molecule has 0 bridgehead atoms. The van der Waals surface area contributed by atoms with Gasteiger partial charge in [-0.2, -0.15) is 5.26 Å². The SMILES string of the molecule is N#Cc1ccc(-c2nc(-c3ccccc3)c3c(c2-c2ccccc2)-c2cccc4cccc-3c24)cc1. The number of hydrogen-bond acceptors (Lipinski definition) is 2. The first-order valence-corrected chi connectivity index (χ1v) is 12.1. The molecule has 1 heterocycles. The third-order valence-corrected chi connectivity index (χ3v) is 7.04. The van der Waals surface area contributed by atoms with Crippen LogP contribution < -0.4 is 0 Å². The summed E-state index contributed by atoms with van der Waals surface area (Å²) in [5.74, 6) is 0. The van der Waals surface area contributed by atoms with E-state index in [9.17, 15) is 5.26 Å². The highest BCUT2D eigenvalue weighted by molar-refractivity contribution is 6.21. The summed E-state index contributed by atoms with van der Waals surface area (Å²) in [5.41, 5.74) is 11.8. The van der Waals surface area contributed by atoms with Crippen molar-refractivity contribution in [2.24, 2.45) is 0 Å². The Hall–Kier alpha value is -5.00. The van der Waals surface area contributed by atoms with Crippen LogP contribution in [0.15, 0.2) is 121 Å². The van der Waals surface area contributed by atoms with Crippen molar-refractivity contribution < 1.29 is 0 Å². The molecule has 0 fully saturated rings. The minimum atomic E-state index is 0.640. The summed E-state index contributed by atoms with van der Waals surface area (Å²) in [6, 6.07) is 44.1. The molecule has 6 aromatic rings. The van der Waals surface area contributed by atoms with Gasteiger partial charge < -0.3 is 0 Å². The second-order valence-electron chi connectivity index (χ2n) is 9.06. The molecule has 2 heteroatoms. The van der Waals surface area contributed by atoms with Crippen molar-refractivity contribution in [3.63, 3.8) is 0 Å². The van der Waals surface area contributed by atoms with Gasteiger partial charge in [-0.15, -0.1) is 0 Å².